The molecule has 1 aliphatic rings. The van der Waals surface area contributed by atoms with E-state index in [1.807, 2.05) is 0 Å². The monoisotopic (exact) mass is 231 g/mol. The van der Waals surface area contributed by atoms with Gasteiger partial charge in [0.15, 0.2) is 0 Å². The summed E-state index contributed by atoms with van der Waals surface area (Å²) in [5, 5.41) is 8.49. The molecule has 1 saturated heterocycles. The van der Waals surface area contributed by atoms with Gasteiger partial charge in [0.1, 0.15) is 0 Å². The quantitative estimate of drug-likeness (QED) is 0.598. The molecule has 0 aliphatic carbocycles. The van der Waals surface area contributed by atoms with Crippen LogP contribution in [0, 0.1) is 0 Å². The Kier molecular flexibility index (Phi) is 8.71. The van der Waals surface area contributed by atoms with E-state index in [0.29, 0.717) is 13.2 Å². The molecule has 4 nitrogen and oxygen atoms in total. The van der Waals surface area contributed by atoms with E-state index in [1.54, 1.807) is 0 Å². The van der Waals surface area contributed by atoms with Crippen LogP contribution in [0.3, 0.4) is 0 Å². The predicted octanol–water partition coefficient (Wildman–Crippen LogP) is 0.888. The van der Waals surface area contributed by atoms with Crippen LogP contribution < -0.4 is 0 Å². The molecule has 0 saturated carbocycles. The van der Waals surface area contributed by atoms with Crippen molar-refractivity contribution in [1.29, 1.82) is 0 Å². The first-order chi connectivity index (χ1) is 7.93. The van der Waals surface area contributed by atoms with Crippen LogP contribution in [0.4, 0.5) is 0 Å². The summed E-state index contributed by atoms with van der Waals surface area (Å²) in [5.74, 6) is 0. The molecule has 4 heteroatoms. The Bertz CT molecular complexity index is 149. The highest BCUT2D eigenvalue weighted by Crippen LogP contribution is 2.07. The molecule has 0 radical (unpaired) electrons. The zero-order chi connectivity index (χ0) is 11.5. The van der Waals surface area contributed by atoms with Crippen molar-refractivity contribution in [3.63, 3.8) is 0 Å². The molecular formula is C12H25NO3. The SMILES string of the molecule is OCCOCCCOCCN1CCCCC1. The highest BCUT2D eigenvalue weighted by Gasteiger charge is 2.08. The summed E-state index contributed by atoms with van der Waals surface area (Å²) < 4.78 is 10.7. The Balaban J connectivity index is 1.77. The van der Waals surface area contributed by atoms with Gasteiger partial charge in [-0.15, -0.1) is 0 Å². The lowest BCUT2D eigenvalue weighted by Gasteiger charge is -2.26. The van der Waals surface area contributed by atoms with Gasteiger partial charge in [-0.1, -0.05) is 6.42 Å². The topological polar surface area (TPSA) is 41.9 Å². The van der Waals surface area contributed by atoms with Crippen molar-refractivity contribution in [2.24, 2.45) is 0 Å². The molecular weight excluding hydrogens is 206 g/mol. The Labute approximate surface area is 98.5 Å². The fourth-order valence-electron chi connectivity index (χ4n) is 1.91. The van der Waals surface area contributed by atoms with Gasteiger partial charge in [0.25, 0.3) is 0 Å². The van der Waals surface area contributed by atoms with Crippen LogP contribution in [0.25, 0.3) is 0 Å². The van der Waals surface area contributed by atoms with E-state index in [4.69, 9.17) is 14.6 Å². The molecule has 0 aromatic rings. The van der Waals surface area contributed by atoms with Gasteiger partial charge in [0.2, 0.25) is 0 Å². The minimum atomic E-state index is 0.107. The number of nitrogens with zero attached hydrogens (tertiary/aromatic N) is 1. The maximum Gasteiger partial charge on any atom is 0.0697 e. The molecule has 0 unspecified atom stereocenters. The third-order valence-electron chi connectivity index (χ3n) is 2.81. The van der Waals surface area contributed by atoms with Gasteiger partial charge in [-0.3, -0.25) is 0 Å². The molecule has 96 valence electrons. The van der Waals surface area contributed by atoms with Crippen LogP contribution in [-0.4, -0.2) is 62.7 Å². The van der Waals surface area contributed by atoms with Crippen LogP contribution in [0.1, 0.15) is 25.7 Å². The molecule has 1 aliphatic heterocycles. The van der Waals surface area contributed by atoms with E-state index in [1.165, 1.54) is 32.4 Å². The van der Waals surface area contributed by atoms with Crippen molar-refractivity contribution in [1.82, 2.24) is 4.90 Å². The molecule has 16 heavy (non-hydrogen) atoms. The van der Waals surface area contributed by atoms with Crippen LogP contribution in [0.15, 0.2) is 0 Å². The summed E-state index contributed by atoms with van der Waals surface area (Å²) in [7, 11) is 0. The van der Waals surface area contributed by atoms with Crippen molar-refractivity contribution in [2.75, 3.05) is 52.7 Å². The number of hydrogen-bond donors (Lipinski definition) is 1. The lowest BCUT2D eigenvalue weighted by atomic mass is 10.1. The maximum absolute atomic E-state index is 8.49. The molecule has 1 heterocycles. The number of aliphatic hydroxyl groups excluding tert-OH is 1. The average molecular weight is 231 g/mol. The van der Waals surface area contributed by atoms with Gasteiger partial charge in [0, 0.05) is 19.8 Å². The molecule has 0 aromatic heterocycles. The van der Waals surface area contributed by atoms with Gasteiger partial charge >= 0.3 is 0 Å². The fourth-order valence-corrected chi connectivity index (χ4v) is 1.91. The number of aliphatic hydroxyl groups is 1. The van der Waals surface area contributed by atoms with Gasteiger partial charge in [0.05, 0.1) is 19.8 Å². The van der Waals surface area contributed by atoms with E-state index in [9.17, 15) is 0 Å². The van der Waals surface area contributed by atoms with Crippen molar-refractivity contribution < 1.29 is 14.6 Å². The van der Waals surface area contributed by atoms with Crippen LogP contribution >= 0.6 is 0 Å². The van der Waals surface area contributed by atoms with Gasteiger partial charge in [-0.05, 0) is 32.4 Å². The normalized spacial score (nSPS) is 17.8. The minimum Gasteiger partial charge on any atom is -0.394 e. The number of ether oxygens (including phenoxy) is 2. The van der Waals surface area contributed by atoms with E-state index in [2.05, 4.69) is 4.90 Å². The summed E-state index contributed by atoms with van der Waals surface area (Å²) in [6, 6.07) is 0. The van der Waals surface area contributed by atoms with Crippen molar-refractivity contribution in [3.8, 4) is 0 Å². The van der Waals surface area contributed by atoms with Crippen LogP contribution in [0.2, 0.25) is 0 Å². The summed E-state index contributed by atoms with van der Waals surface area (Å²) in [4.78, 5) is 2.48. The van der Waals surface area contributed by atoms with Crippen LogP contribution in [-0.2, 0) is 9.47 Å². The highest BCUT2D eigenvalue weighted by molar-refractivity contribution is 4.63. The van der Waals surface area contributed by atoms with Gasteiger partial charge in [-0.2, -0.15) is 0 Å². The standard InChI is InChI=1S/C12H25NO3/c14-8-12-16-10-4-9-15-11-7-13-5-2-1-3-6-13/h14H,1-12H2. The van der Waals surface area contributed by atoms with Crippen molar-refractivity contribution in [2.45, 2.75) is 25.7 Å². The van der Waals surface area contributed by atoms with Gasteiger partial charge in [-0.25, -0.2) is 0 Å². The summed E-state index contributed by atoms with van der Waals surface area (Å²) >= 11 is 0. The van der Waals surface area contributed by atoms with Crippen molar-refractivity contribution >= 4 is 0 Å². The Morgan fingerprint density at radius 1 is 0.875 bits per heavy atom. The van der Waals surface area contributed by atoms with Gasteiger partial charge < -0.3 is 19.5 Å². The summed E-state index contributed by atoms with van der Waals surface area (Å²) in [6.07, 6.45) is 4.99. The fraction of sp³-hybridized carbons (Fsp3) is 1.00. The predicted molar refractivity (Wildman–Crippen MR) is 63.6 cm³/mol. The third kappa shape index (κ3) is 7.17. The molecule has 1 fully saturated rings. The second kappa shape index (κ2) is 10.0. The smallest absolute Gasteiger partial charge is 0.0697 e. The van der Waals surface area contributed by atoms with Crippen molar-refractivity contribution in [3.05, 3.63) is 0 Å². The first-order valence-corrected chi connectivity index (χ1v) is 6.42. The van der Waals surface area contributed by atoms with E-state index < -0.39 is 0 Å². The molecule has 0 spiro atoms. The molecule has 0 atom stereocenters. The van der Waals surface area contributed by atoms with E-state index in [0.717, 1.165) is 26.2 Å². The zero-order valence-electron chi connectivity index (χ0n) is 10.2. The number of piperidine rings is 1. The molecule has 0 bridgehead atoms. The lowest BCUT2D eigenvalue weighted by molar-refractivity contribution is 0.0553. The van der Waals surface area contributed by atoms with E-state index >= 15 is 0 Å². The third-order valence-corrected chi connectivity index (χ3v) is 2.81. The van der Waals surface area contributed by atoms with Crippen LogP contribution in [0.5, 0.6) is 0 Å². The molecule has 0 amide bonds. The lowest BCUT2D eigenvalue weighted by Crippen LogP contribution is -2.32. The molecule has 1 rings (SSSR count). The largest absolute Gasteiger partial charge is 0.394 e. The minimum absolute atomic E-state index is 0.107. The number of likely N-dealkylation sites (tertiary alicyclic amines) is 1. The zero-order valence-corrected chi connectivity index (χ0v) is 10.2. The molecule has 1 N–H and O–H groups in total. The molecule has 0 aromatic carbocycles. The Morgan fingerprint density at radius 3 is 2.25 bits per heavy atom. The number of rotatable bonds is 9. The Hall–Kier alpha value is -0.160. The first kappa shape index (κ1) is 13.9. The average Bonchev–Trinajstić information content (AvgIpc) is 2.34. The number of hydrogen-bond acceptors (Lipinski definition) is 4. The Morgan fingerprint density at radius 2 is 1.56 bits per heavy atom. The van der Waals surface area contributed by atoms with E-state index in [-0.39, 0.29) is 6.61 Å². The first-order valence-electron chi connectivity index (χ1n) is 6.42. The maximum atomic E-state index is 8.49. The second-order valence-corrected chi connectivity index (χ2v) is 4.20. The summed E-state index contributed by atoms with van der Waals surface area (Å²) in [6.45, 7) is 6.37. The summed E-state index contributed by atoms with van der Waals surface area (Å²) in [5.41, 5.74) is 0. The highest BCUT2D eigenvalue weighted by atomic mass is 16.5. The second-order valence-electron chi connectivity index (χ2n) is 4.20.